The highest BCUT2D eigenvalue weighted by Crippen LogP contribution is 2.25. The van der Waals surface area contributed by atoms with E-state index in [2.05, 4.69) is 16.8 Å². The predicted octanol–water partition coefficient (Wildman–Crippen LogP) is 4.19. The van der Waals surface area contributed by atoms with Crippen LogP contribution in [0.25, 0.3) is 0 Å². The summed E-state index contributed by atoms with van der Waals surface area (Å²) in [7, 11) is 0. The van der Waals surface area contributed by atoms with Gasteiger partial charge in [0.15, 0.2) is 0 Å². The smallest absolute Gasteiger partial charge is 0.255 e. The molecule has 2 aliphatic rings. The first-order valence-corrected chi connectivity index (χ1v) is 10.4. The first-order valence-electron chi connectivity index (χ1n) is 9.97. The van der Waals surface area contributed by atoms with Gasteiger partial charge in [0.2, 0.25) is 0 Å². The Hall–Kier alpha value is -2.11. The van der Waals surface area contributed by atoms with E-state index < -0.39 is 0 Å². The number of hydrogen-bond donors (Lipinski definition) is 0. The molecule has 0 spiro atoms. The maximum absolute atomic E-state index is 13.0. The summed E-state index contributed by atoms with van der Waals surface area (Å²) in [5.41, 5.74) is 1.67. The molecule has 2 aliphatic heterocycles. The zero-order valence-corrected chi connectivity index (χ0v) is 16.9. The molecule has 0 aliphatic carbocycles. The summed E-state index contributed by atoms with van der Waals surface area (Å²) in [4.78, 5) is 21.7. The summed E-state index contributed by atoms with van der Waals surface area (Å²) >= 11 is 5.97. The molecule has 0 N–H and O–H groups in total. The topological polar surface area (TPSA) is 45.7 Å². The summed E-state index contributed by atoms with van der Waals surface area (Å²) in [6.45, 7) is 6.02. The van der Waals surface area contributed by atoms with E-state index in [-0.39, 0.29) is 12.0 Å². The number of morpholine rings is 1. The Labute approximate surface area is 171 Å². The van der Waals surface area contributed by atoms with Crippen LogP contribution in [-0.2, 0) is 4.74 Å². The Morgan fingerprint density at radius 1 is 1.11 bits per heavy atom. The van der Waals surface area contributed by atoms with Crippen molar-refractivity contribution in [2.75, 3.05) is 37.7 Å². The number of pyridine rings is 1. The van der Waals surface area contributed by atoms with Crippen LogP contribution in [0.1, 0.15) is 41.8 Å². The van der Waals surface area contributed by atoms with Crippen LogP contribution in [0.15, 0.2) is 42.6 Å². The van der Waals surface area contributed by atoms with Crippen LogP contribution in [0.2, 0.25) is 5.02 Å². The number of hydrogen-bond acceptors (Lipinski definition) is 4. The summed E-state index contributed by atoms with van der Waals surface area (Å²) in [6, 6.07) is 11.5. The van der Waals surface area contributed by atoms with Gasteiger partial charge in [0.1, 0.15) is 11.9 Å². The molecule has 0 bridgehead atoms. The maximum Gasteiger partial charge on any atom is 0.255 e. The second kappa shape index (κ2) is 8.50. The first kappa shape index (κ1) is 19.2. The number of anilines is 1. The Balaban J connectivity index is 1.41. The Morgan fingerprint density at radius 3 is 2.54 bits per heavy atom. The standard InChI is InChI=1S/C22H26ClN3O2/c1-16-8-10-25(11-9-16)21-7-4-18(14-24-21)22(27)26-12-13-28-20(15-26)17-2-5-19(23)6-3-17/h2-7,14,16,20H,8-13,15H2,1H3. The zero-order chi connectivity index (χ0) is 19.5. The number of halogens is 1. The summed E-state index contributed by atoms with van der Waals surface area (Å²) in [5, 5.41) is 0.696. The van der Waals surface area contributed by atoms with E-state index in [1.807, 2.05) is 41.3 Å². The third-order valence-electron chi connectivity index (χ3n) is 5.70. The monoisotopic (exact) mass is 399 g/mol. The van der Waals surface area contributed by atoms with Crippen LogP contribution in [0.5, 0.6) is 0 Å². The number of piperidine rings is 1. The van der Waals surface area contributed by atoms with Crippen molar-refractivity contribution < 1.29 is 9.53 Å². The van der Waals surface area contributed by atoms with E-state index >= 15 is 0 Å². The molecule has 2 aromatic rings. The highest BCUT2D eigenvalue weighted by molar-refractivity contribution is 6.30. The molecule has 1 aromatic carbocycles. The highest BCUT2D eigenvalue weighted by atomic mass is 35.5. The van der Waals surface area contributed by atoms with Crippen molar-refractivity contribution >= 4 is 23.3 Å². The highest BCUT2D eigenvalue weighted by Gasteiger charge is 2.26. The van der Waals surface area contributed by atoms with Gasteiger partial charge in [-0.3, -0.25) is 4.79 Å². The fraction of sp³-hybridized carbons (Fsp3) is 0.455. The molecule has 0 saturated carbocycles. The molecule has 4 rings (SSSR count). The van der Waals surface area contributed by atoms with Crippen LogP contribution in [0.3, 0.4) is 0 Å². The number of nitrogens with zero attached hydrogens (tertiary/aromatic N) is 3. The fourth-order valence-corrected chi connectivity index (χ4v) is 3.96. The van der Waals surface area contributed by atoms with Gasteiger partial charge in [-0.05, 0) is 48.6 Å². The van der Waals surface area contributed by atoms with Crippen LogP contribution in [0, 0.1) is 5.92 Å². The molecule has 0 radical (unpaired) electrons. The van der Waals surface area contributed by atoms with E-state index in [0.717, 1.165) is 30.4 Å². The molecule has 2 saturated heterocycles. The quantitative estimate of drug-likeness (QED) is 0.776. The lowest BCUT2D eigenvalue weighted by molar-refractivity contribution is -0.0228. The minimum Gasteiger partial charge on any atom is -0.370 e. The van der Waals surface area contributed by atoms with E-state index in [4.69, 9.17) is 16.3 Å². The molecule has 148 valence electrons. The minimum absolute atomic E-state index is 0.00794. The average molecular weight is 400 g/mol. The molecular formula is C22H26ClN3O2. The van der Waals surface area contributed by atoms with Crippen molar-refractivity contribution in [1.29, 1.82) is 0 Å². The normalized spacial score (nSPS) is 21.0. The van der Waals surface area contributed by atoms with Crippen molar-refractivity contribution in [3.8, 4) is 0 Å². The molecule has 6 heteroatoms. The number of rotatable bonds is 3. The number of carbonyl (C=O) groups excluding carboxylic acids is 1. The third kappa shape index (κ3) is 4.31. The molecule has 28 heavy (non-hydrogen) atoms. The van der Waals surface area contributed by atoms with Crippen molar-refractivity contribution in [3.05, 3.63) is 58.7 Å². The van der Waals surface area contributed by atoms with Crippen molar-refractivity contribution in [2.45, 2.75) is 25.9 Å². The SMILES string of the molecule is CC1CCN(c2ccc(C(=O)N3CCOC(c4ccc(Cl)cc4)C3)cn2)CC1. The second-order valence-corrected chi connectivity index (χ2v) is 8.17. The largest absolute Gasteiger partial charge is 0.370 e. The van der Waals surface area contributed by atoms with Gasteiger partial charge in [-0.15, -0.1) is 0 Å². The number of carbonyl (C=O) groups is 1. The lowest BCUT2D eigenvalue weighted by Crippen LogP contribution is -2.42. The van der Waals surface area contributed by atoms with Crippen molar-refractivity contribution in [3.63, 3.8) is 0 Å². The number of aromatic nitrogens is 1. The molecule has 5 nitrogen and oxygen atoms in total. The minimum atomic E-state index is -0.127. The van der Waals surface area contributed by atoms with Gasteiger partial charge in [0, 0.05) is 30.9 Å². The van der Waals surface area contributed by atoms with Crippen molar-refractivity contribution in [1.82, 2.24) is 9.88 Å². The fourth-order valence-electron chi connectivity index (χ4n) is 3.83. The molecule has 3 heterocycles. The van der Waals surface area contributed by atoms with E-state index in [9.17, 15) is 4.79 Å². The van der Waals surface area contributed by atoms with Gasteiger partial charge in [0.25, 0.3) is 5.91 Å². The number of ether oxygens (including phenoxy) is 1. The maximum atomic E-state index is 13.0. The lowest BCUT2D eigenvalue weighted by Gasteiger charge is -2.33. The molecule has 1 unspecified atom stereocenters. The Morgan fingerprint density at radius 2 is 1.86 bits per heavy atom. The third-order valence-corrected chi connectivity index (χ3v) is 5.95. The van der Waals surface area contributed by atoms with Gasteiger partial charge in [0.05, 0.1) is 18.7 Å². The Bertz CT molecular complexity index is 802. The van der Waals surface area contributed by atoms with E-state index in [1.54, 1.807) is 6.20 Å². The average Bonchev–Trinajstić information content (AvgIpc) is 2.74. The zero-order valence-electron chi connectivity index (χ0n) is 16.2. The van der Waals surface area contributed by atoms with Crippen LogP contribution < -0.4 is 4.90 Å². The lowest BCUT2D eigenvalue weighted by atomic mass is 9.99. The van der Waals surface area contributed by atoms with Gasteiger partial charge >= 0.3 is 0 Å². The van der Waals surface area contributed by atoms with Crippen LogP contribution in [-0.4, -0.2) is 48.6 Å². The summed E-state index contributed by atoms with van der Waals surface area (Å²) in [6.07, 6.45) is 3.98. The number of benzene rings is 1. The van der Waals surface area contributed by atoms with Gasteiger partial charge in [-0.2, -0.15) is 0 Å². The number of amides is 1. The molecular weight excluding hydrogens is 374 g/mol. The van der Waals surface area contributed by atoms with E-state index in [1.165, 1.54) is 12.8 Å². The molecule has 1 amide bonds. The summed E-state index contributed by atoms with van der Waals surface area (Å²) in [5.74, 6) is 1.75. The summed E-state index contributed by atoms with van der Waals surface area (Å²) < 4.78 is 5.87. The molecule has 1 aromatic heterocycles. The first-order chi connectivity index (χ1) is 13.6. The van der Waals surface area contributed by atoms with E-state index in [0.29, 0.717) is 30.3 Å². The van der Waals surface area contributed by atoms with Gasteiger partial charge < -0.3 is 14.5 Å². The molecule has 2 fully saturated rings. The predicted molar refractivity (Wildman–Crippen MR) is 111 cm³/mol. The van der Waals surface area contributed by atoms with Crippen molar-refractivity contribution in [2.24, 2.45) is 5.92 Å². The van der Waals surface area contributed by atoms with Crippen LogP contribution in [0.4, 0.5) is 5.82 Å². The van der Waals surface area contributed by atoms with Gasteiger partial charge in [-0.25, -0.2) is 4.98 Å². The Kier molecular flexibility index (Phi) is 5.83. The second-order valence-electron chi connectivity index (χ2n) is 7.74. The van der Waals surface area contributed by atoms with Gasteiger partial charge in [-0.1, -0.05) is 30.7 Å². The molecule has 1 atom stereocenters. The van der Waals surface area contributed by atoms with Crippen LogP contribution >= 0.6 is 11.6 Å².